The van der Waals surface area contributed by atoms with Gasteiger partial charge in [-0.3, -0.25) is 0 Å². The molecule has 0 radical (unpaired) electrons. The van der Waals surface area contributed by atoms with Gasteiger partial charge >= 0.3 is 0 Å². The third-order valence-corrected chi connectivity index (χ3v) is 5.85. The molecular formula is C23H27S+. The highest BCUT2D eigenvalue weighted by atomic mass is 32.2. The van der Waals surface area contributed by atoms with Crippen molar-refractivity contribution in [1.82, 2.24) is 0 Å². The summed E-state index contributed by atoms with van der Waals surface area (Å²) in [5.41, 5.74) is 3.95. The van der Waals surface area contributed by atoms with Crippen LogP contribution in [0, 0.1) is 20.8 Å². The molecule has 0 N–H and O–H groups in total. The van der Waals surface area contributed by atoms with E-state index in [4.69, 9.17) is 0 Å². The highest BCUT2D eigenvalue weighted by Crippen LogP contribution is 2.32. The zero-order valence-corrected chi connectivity index (χ0v) is 16.2. The first-order valence-corrected chi connectivity index (χ1v) is 9.80. The van der Waals surface area contributed by atoms with Crippen molar-refractivity contribution < 1.29 is 0 Å². The summed E-state index contributed by atoms with van der Waals surface area (Å²) in [6, 6.07) is 26.7. The highest BCUT2D eigenvalue weighted by molar-refractivity contribution is 7.97. The number of hydrogen-bond acceptors (Lipinski definition) is 0. The van der Waals surface area contributed by atoms with Gasteiger partial charge in [-0.15, -0.1) is 0 Å². The summed E-state index contributed by atoms with van der Waals surface area (Å²) in [6.45, 7) is 10.5. The zero-order valence-electron chi connectivity index (χ0n) is 15.3. The molecule has 3 aromatic rings. The molecule has 24 heavy (non-hydrogen) atoms. The van der Waals surface area contributed by atoms with Crippen molar-refractivity contribution in [3.8, 4) is 0 Å². The van der Waals surface area contributed by atoms with E-state index in [-0.39, 0.29) is 10.9 Å². The van der Waals surface area contributed by atoms with Crippen molar-refractivity contribution in [2.24, 2.45) is 0 Å². The first-order chi connectivity index (χ1) is 11.6. The molecule has 0 nitrogen and oxygen atoms in total. The van der Waals surface area contributed by atoms with E-state index in [2.05, 4.69) is 93.6 Å². The fraction of sp³-hybridized carbons (Fsp3) is 0.217. The standard InChI is InChI=1S/C21H21S.C2H6/c1-16-7-4-10-19(13-16)22(20-11-5-8-17(2)14-20)21-12-6-9-18(3)15-21;1-2/h4-15H,1-3H3;1-2H3/q+1;. The lowest BCUT2D eigenvalue weighted by atomic mass is 10.2. The number of rotatable bonds is 3. The minimum atomic E-state index is -0.0455. The minimum Gasteiger partial charge on any atom is -0.0683 e. The predicted molar refractivity (Wildman–Crippen MR) is 107 cm³/mol. The molecule has 0 aliphatic rings. The molecule has 0 saturated heterocycles. The second-order valence-corrected chi connectivity index (χ2v) is 7.78. The van der Waals surface area contributed by atoms with Gasteiger partial charge in [-0.05, 0) is 73.9 Å². The summed E-state index contributed by atoms with van der Waals surface area (Å²) in [6.07, 6.45) is 0. The van der Waals surface area contributed by atoms with E-state index in [1.807, 2.05) is 13.8 Å². The minimum absolute atomic E-state index is 0.0455. The summed E-state index contributed by atoms with van der Waals surface area (Å²) < 4.78 is 0. The van der Waals surface area contributed by atoms with Crippen molar-refractivity contribution in [2.45, 2.75) is 49.3 Å². The maximum Gasteiger partial charge on any atom is 0.166 e. The van der Waals surface area contributed by atoms with Crippen LogP contribution in [-0.4, -0.2) is 0 Å². The highest BCUT2D eigenvalue weighted by Gasteiger charge is 2.28. The maximum atomic E-state index is 2.31. The molecule has 0 unspecified atom stereocenters. The smallest absolute Gasteiger partial charge is 0.0683 e. The van der Waals surface area contributed by atoms with Gasteiger partial charge in [0, 0.05) is 0 Å². The van der Waals surface area contributed by atoms with Gasteiger partial charge in [0.1, 0.15) is 0 Å². The summed E-state index contributed by atoms with van der Waals surface area (Å²) in [5.74, 6) is 0. The van der Waals surface area contributed by atoms with Gasteiger partial charge in [0.15, 0.2) is 14.7 Å². The second-order valence-electron chi connectivity index (χ2n) is 5.76. The molecule has 1 heteroatoms. The molecular weight excluding hydrogens is 308 g/mol. The van der Waals surface area contributed by atoms with E-state index in [0.717, 1.165) is 0 Å². The Kier molecular flexibility index (Phi) is 6.69. The van der Waals surface area contributed by atoms with E-state index < -0.39 is 0 Å². The monoisotopic (exact) mass is 335 g/mol. The SMILES string of the molecule is CC.Cc1cccc([S+](c2cccc(C)c2)c2cccc(C)c2)c1. The molecule has 0 saturated carbocycles. The van der Waals surface area contributed by atoms with Crippen LogP contribution in [0.5, 0.6) is 0 Å². The van der Waals surface area contributed by atoms with Crippen LogP contribution in [-0.2, 0) is 10.9 Å². The van der Waals surface area contributed by atoms with Gasteiger partial charge in [0.2, 0.25) is 0 Å². The van der Waals surface area contributed by atoms with Crippen LogP contribution >= 0.6 is 0 Å². The fourth-order valence-electron chi connectivity index (χ4n) is 2.64. The second kappa shape index (κ2) is 8.75. The molecule has 3 rings (SSSR count). The van der Waals surface area contributed by atoms with Crippen LogP contribution in [0.2, 0.25) is 0 Å². The topological polar surface area (TPSA) is 0 Å². The molecule has 0 aromatic heterocycles. The molecule has 124 valence electrons. The van der Waals surface area contributed by atoms with Crippen molar-refractivity contribution in [3.05, 3.63) is 89.5 Å². The van der Waals surface area contributed by atoms with Crippen LogP contribution < -0.4 is 0 Å². The van der Waals surface area contributed by atoms with Crippen molar-refractivity contribution in [3.63, 3.8) is 0 Å². The van der Waals surface area contributed by atoms with Gasteiger partial charge in [0.05, 0.1) is 10.9 Å². The van der Waals surface area contributed by atoms with Crippen molar-refractivity contribution >= 4 is 10.9 Å². The molecule has 3 aromatic carbocycles. The Balaban J connectivity index is 0.00000100. The average molecular weight is 336 g/mol. The van der Waals surface area contributed by atoms with Crippen molar-refractivity contribution in [1.29, 1.82) is 0 Å². The lowest BCUT2D eigenvalue weighted by Gasteiger charge is -2.09. The van der Waals surface area contributed by atoms with Crippen LogP contribution in [0.15, 0.2) is 87.5 Å². The third kappa shape index (κ3) is 4.52. The van der Waals surface area contributed by atoms with Crippen molar-refractivity contribution in [2.75, 3.05) is 0 Å². The molecule has 0 amide bonds. The number of hydrogen-bond donors (Lipinski definition) is 0. The van der Waals surface area contributed by atoms with Gasteiger partial charge in [0.25, 0.3) is 0 Å². The molecule has 0 aliphatic heterocycles. The molecule has 0 aliphatic carbocycles. The lowest BCUT2D eigenvalue weighted by molar-refractivity contribution is 1.26. The molecule has 0 atom stereocenters. The van der Waals surface area contributed by atoms with Crippen LogP contribution in [0.3, 0.4) is 0 Å². The molecule has 0 spiro atoms. The van der Waals surface area contributed by atoms with Crippen LogP contribution in [0.25, 0.3) is 0 Å². The quantitative estimate of drug-likeness (QED) is 0.465. The Morgan fingerprint density at radius 2 is 0.792 bits per heavy atom. The van der Waals surface area contributed by atoms with E-state index in [1.54, 1.807) is 0 Å². The van der Waals surface area contributed by atoms with E-state index in [9.17, 15) is 0 Å². The lowest BCUT2D eigenvalue weighted by Crippen LogP contribution is -2.05. The van der Waals surface area contributed by atoms with E-state index >= 15 is 0 Å². The maximum absolute atomic E-state index is 2.31. The van der Waals surface area contributed by atoms with E-state index in [1.165, 1.54) is 31.4 Å². The Labute approximate surface area is 149 Å². The first-order valence-electron chi connectivity index (χ1n) is 8.58. The Morgan fingerprint density at radius 3 is 1.04 bits per heavy atom. The van der Waals surface area contributed by atoms with Crippen LogP contribution in [0.4, 0.5) is 0 Å². The predicted octanol–water partition coefficient (Wildman–Crippen LogP) is 6.73. The zero-order chi connectivity index (χ0) is 17.5. The third-order valence-electron chi connectivity index (χ3n) is 3.68. The summed E-state index contributed by atoms with van der Waals surface area (Å²) in [5, 5.41) is 0. The summed E-state index contributed by atoms with van der Waals surface area (Å²) >= 11 is 0. The first kappa shape index (κ1) is 18.4. The average Bonchev–Trinajstić information content (AvgIpc) is 2.57. The van der Waals surface area contributed by atoms with Gasteiger partial charge < -0.3 is 0 Å². The van der Waals surface area contributed by atoms with Gasteiger partial charge in [-0.1, -0.05) is 50.2 Å². The Bertz CT molecular complexity index is 681. The van der Waals surface area contributed by atoms with Crippen LogP contribution in [0.1, 0.15) is 30.5 Å². The molecule has 0 bridgehead atoms. The number of benzene rings is 3. The van der Waals surface area contributed by atoms with Gasteiger partial charge in [-0.25, -0.2) is 0 Å². The van der Waals surface area contributed by atoms with E-state index in [0.29, 0.717) is 0 Å². The van der Waals surface area contributed by atoms with Gasteiger partial charge in [-0.2, -0.15) is 0 Å². The Hall–Kier alpha value is -1.99. The largest absolute Gasteiger partial charge is 0.166 e. The Morgan fingerprint density at radius 1 is 0.500 bits per heavy atom. The fourth-order valence-corrected chi connectivity index (χ4v) is 5.01. The summed E-state index contributed by atoms with van der Waals surface area (Å²) in [4.78, 5) is 4.16. The summed E-state index contributed by atoms with van der Waals surface area (Å²) in [7, 11) is -0.0455. The molecule has 0 heterocycles. The number of aryl methyl sites for hydroxylation is 3. The normalized spacial score (nSPS) is 10.2. The molecule has 0 fully saturated rings.